The van der Waals surface area contributed by atoms with Crippen molar-refractivity contribution in [1.82, 2.24) is 4.98 Å². The molecule has 1 rings (SSSR count). The average Bonchev–Trinajstić information content (AvgIpc) is 2.62. The van der Waals surface area contributed by atoms with Gasteiger partial charge in [-0.3, -0.25) is 0 Å². The molecule has 0 unspecified atom stereocenters. The highest BCUT2D eigenvalue weighted by molar-refractivity contribution is 5.85. The van der Waals surface area contributed by atoms with Crippen molar-refractivity contribution in [2.24, 2.45) is 0 Å². The molecule has 1 N–H and O–H groups in total. The summed E-state index contributed by atoms with van der Waals surface area (Å²) in [5, 5.41) is 8.69. The molecular weight excluding hydrogens is 196 g/mol. The van der Waals surface area contributed by atoms with Crippen LogP contribution in [0, 0.1) is 0 Å². The summed E-state index contributed by atoms with van der Waals surface area (Å²) in [7, 11) is 0. The fourth-order valence-electron chi connectivity index (χ4n) is 1.14. The Balaban J connectivity index is 2.91. The van der Waals surface area contributed by atoms with Gasteiger partial charge in [-0.1, -0.05) is 6.08 Å². The Morgan fingerprint density at radius 1 is 1.80 bits per heavy atom. The molecule has 5 nitrogen and oxygen atoms in total. The highest BCUT2D eigenvalue weighted by Gasteiger charge is 2.17. The fourth-order valence-corrected chi connectivity index (χ4v) is 1.14. The number of aromatic nitrogens is 1. The minimum absolute atomic E-state index is 0.0836. The van der Waals surface area contributed by atoms with Gasteiger partial charge in [-0.2, -0.15) is 4.98 Å². The third kappa shape index (κ3) is 2.59. The molecule has 0 atom stereocenters. The van der Waals surface area contributed by atoms with Gasteiger partial charge in [0.2, 0.25) is 0 Å². The van der Waals surface area contributed by atoms with Crippen molar-refractivity contribution < 1.29 is 14.3 Å². The van der Waals surface area contributed by atoms with Gasteiger partial charge in [-0.15, -0.1) is 6.58 Å². The van der Waals surface area contributed by atoms with Gasteiger partial charge >= 0.3 is 5.97 Å². The lowest BCUT2D eigenvalue weighted by Crippen LogP contribution is -2.31. The average molecular weight is 210 g/mol. The monoisotopic (exact) mass is 210 g/mol. The van der Waals surface area contributed by atoms with Gasteiger partial charge < -0.3 is 14.4 Å². The quantitative estimate of drug-likeness (QED) is 0.750. The summed E-state index contributed by atoms with van der Waals surface area (Å²) in [6.07, 6.45) is 2.85. The Morgan fingerprint density at radius 3 is 2.87 bits per heavy atom. The molecule has 0 bridgehead atoms. The van der Waals surface area contributed by atoms with Crippen LogP contribution in [-0.4, -0.2) is 28.6 Å². The van der Waals surface area contributed by atoms with Gasteiger partial charge in [0.15, 0.2) is 5.69 Å². The van der Waals surface area contributed by atoms with E-state index in [0.29, 0.717) is 12.6 Å². The first-order valence-electron chi connectivity index (χ1n) is 4.62. The molecule has 0 aliphatic heterocycles. The van der Waals surface area contributed by atoms with E-state index in [1.807, 2.05) is 18.7 Å². The first-order chi connectivity index (χ1) is 7.06. The lowest BCUT2D eigenvalue weighted by atomic mass is 10.3. The molecule has 0 aliphatic carbocycles. The molecular formula is C10H14N2O3. The highest BCUT2D eigenvalue weighted by Crippen LogP contribution is 2.16. The molecule has 0 radical (unpaired) electrons. The summed E-state index contributed by atoms with van der Waals surface area (Å²) in [5.41, 5.74) is -0.0836. The molecule has 82 valence electrons. The van der Waals surface area contributed by atoms with Crippen molar-refractivity contribution in [3.8, 4) is 0 Å². The van der Waals surface area contributed by atoms with Crippen molar-refractivity contribution in [3.05, 3.63) is 24.6 Å². The summed E-state index contributed by atoms with van der Waals surface area (Å²) in [6, 6.07) is 0.477. The molecule has 0 fully saturated rings. The maximum absolute atomic E-state index is 10.6. The zero-order valence-corrected chi connectivity index (χ0v) is 8.80. The zero-order valence-electron chi connectivity index (χ0n) is 8.80. The van der Waals surface area contributed by atoms with Crippen LogP contribution >= 0.6 is 0 Å². The smallest absolute Gasteiger partial charge is 0.357 e. The summed E-state index contributed by atoms with van der Waals surface area (Å²) < 4.78 is 5.09. The molecule has 0 aliphatic rings. The van der Waals surface area contributed by atoms with E-state index >= 15 is 0 Å². The number of carboxylic acids is 1. The van der Waals surface area contributed by atoms with Crippen LogP contribution in [0.25, 0.3) is 0 Å². The van der Waals surface area contributed by atoms with Crippen LogP contribution in [0.1, 0.15) is 24.3 Å². The Morgan fingerprint density at radius 2 is 2.47 bits per heavy atom. The van der Waals surface area contributed by atoms with Crippen molar-refractivity contribution in [2.45, 2.75) is 19.9 Å². The largest absolute Gasteiger partial charge is 0.476 e. The fraction of sp³-hybridized carbons (Fsp3) is 0.400. The van der Waals surface area contributed by atoms with Gasteiger partial charge in [0, 0.05) is 12.6 Å². The first kappa shape index (κ1) is 11.3. The lowest BCUT2D eigenvalue weighted by molar-refractivity contribution is 0.0690. The number of hydrogen-bond donors (Lipinski definition) is 1. The third-order valence-corrected chi connectivity index (χ3v) is 1.91. The molecule has 0 spiro atoms. The van der Waals surface area contributed by atoms with Gasteiger partial charge in [-0.05, 0) is 13.8 Å². The predicted molar refractivity (Wildman–Crippen MR) is 56.1 cm³/mol. The van der Waals surface area contributed by atoms with Crippen LogP contribution in [0.2, 0.25) is 0 Å². The van der Waals surface area contributed by atoms with Crippen molar-refractivity contribution in [3.63, 3.8) is 0 Å². The number of aromatic carboxylic acids is 1. The van der Waals surface area contributed by atoms with E-state index in [2.05, 4.69) is 11.6 Å². The second-order valence-corrected chi connectivity index (χ2v) is 3.36. The second kappa shape index (κ2) is 4.63. The van der Waals surface area contributed by atoms with Crippen molar-refractivity contribution >= 4 is 12.0 Å². The van der Waals surface area contributed by atoms with Crippen LogP contribution in [0.4, 0.5) is 6.01 Å². The molecule has 1 heterocycles. The summed E-state index contributed by atoms with van der Waals surface area (Å²) >= 11 is 0. The van der Waals surface area contributed by atoms with Gasteiger partial charge in [0.05, 0.1) is 0 Å². The van der Waals surface area contributed by atoms with E-state index in [0.717, 1.165) is 6.26 Å². The Kier molecular flexibility index (Phi) is 3.49. The van der Waals surface area contributed by atoms with E-state index < -0.39 is 5.97 Å². The number of anilines is 1. The van der Waals surface area contributed by atoms with Gasteiger partial charge in [-0.25, -0.2) is 4.79 Å². The van der Waals surface area contributed by atoms with E-state index in [1.165, 1.54) is 0 Å². The highest BCUT2D eigenvalue weighted by atomic mass is 16.4. The molecule has 1 aromatic rings. The molecule has 0 saturated heterocycles. The van der Waals surface area contributed by atoms with E-state index in [-0.39, 0.29) is 11.7 Å². The summed E-state index contributed by atoms with van der Waals surface area (Å²) in [6.45, 7) is 8.12. The minimum Gasteiger partial charge on any atom is -0.476 e. The second-order valence-electron chi connectivity index (χ2n) is 3.36. The molecule has 15 heavy (non-hydrogen) atoms. The molecule has 1 aromatic heterocycles. The van der Waals surface area contributed by atoms with Crippen molar-refractivity contribution in [1.29, 1.82) is 0 Å². The predicted octanol–water partition coefficient (Wildman–Crippen LogP) is 1.77. The standard InChI is InChI=1S/C10H14N2O3/c1-4-5-12(7(2)3)10-11-8(6-15-10)9(13)14/h4,6-7H,1,5H2,2-3H3,(H,13,14). The van der Waals surface area contributed by atoms with Crippen molar-refractivity contribution in [2.75, 3.05) is 11.4 Å². The van der Waals surface area contributed by atoms with E-state index in [4.69, 9.17) is 9.52 Å². The Labute approximate surface area is 88.0 Å². The maximum atomic E-state index is 10.6. The molecule has 0 amide bonds. The van der Waals surface area contributed by atoms with Crippen LogP contribution in [0.3, 0.4) is 0 Å². The number of rotatable bonds is 5. The number of nitrogens with zero attached hydrogens (tertiary/aromatic N) is 2. The molecule has 0 saturated carbocycles. The van der Waals surface area contributed by atoms with Gasteiger partial charge in [0.25, 0.3) is 6.01 Å². The maximum Gasteiger partial charge on any atom is 0.357 e. The normalized spacial score (nSPS) is 10.3. The van der Waals surface area contributed by atoms with Crippen LogP contribution < -0.4 is 4.90 Å². The van der Waals surface area contributed by atoms with Crippen LogP contribution in [-0.2, 0) is 0 Å². The Hall–Kier alpha value is -1.78. The number of hydrogen-bond acceptors (Lipinski definition) is 4. The minimum atomic E-state index is -1.09. The number of oxazole rings is 1. The Bertz CT molecular complexity index is 357. The topological polar surface area (TPSA) is 66.6 Å². The third-order valence-electron chi connectivity index (χ3n) is 1.91. The summed E-state index contributed by atoms with van der Waals surface area (Å²) in [5.74, 6) is -1.09. The van der Waals surface area contributed by atoms with Crippen LogP contribution in [0.5, 0.6) is 0 Å². The molecule has 0 aromatic carbocycles. The van der Waals surface area contributed by atoms with Crippen LogP contribution in [0.15, 0.2) is 23.3 Å². The SMILES string of the molecule is C=CCN(c1nc(C(=O)O)co1)C(C)C. The summed E-state index contributed by atoms with van der Waals surface area (Å²) in [4.78, 5) is 16.3. The van der Waals surface area contributed by atoms with E-state index in [9.17, 15) is 4.79 Å². The number of carbonyl (C=O) groups is 1. The lowest BCUT2D eigenvalue weighted by Gasteiger charge is -2.22. The molecule has 5 heteroatoms. The number of carboxylic acid groups (broad SMARTS) is 1. The van der Waals surface area contributed by atoms with E-state index in [1.54, 1.807) is 6.08 Å². The first-order valence-corrected chi connectivity index (χ1v) is 4.62. The van der Waals surface area contributed by atoms with Gasteiger partial charge in [0.1, 0.15) is 6.26 Å². The zero-order chi connectivity index (χ0) is 11.4.